The maximum Gasteiger partial charge on any atom is 0.326 e. The number of carboxylic acid groups (broad SMARTS) is 1. The van der Waals surface area contributed by atoms with Crippen molar-refractivity contribution in [2.45, 2.75) is 127 Å². The van der Waals surface area contributed by atoms with E-state index in [-0.39, 0.29) is 62.6 Å². The lowest BCUT2D eigenvalue weighted by molar-refractivity contribution is -0.143. The molecule has 0 saturated heterocycles. The average molecular weight is 988 g/mol. The lowest BCUT2D eigenvalue weighted by Crippen LogP contribution is -2.63. The highest BCUT2D eigenvalue weighted by Gasteiger charge is 2.37. The van der Waals surface area contributed by atoms with Crippen LogP contribution in [0, 0.1) is 11.3 Å². The molecule has 0 fully saturated rings. The number of aliphatic hydroxyl groups is 3. The number of nitrogens with two attached hydrogens (primary N) is 2. The van der Waals surface area contributed by atoms with E-state index in [2.05, 4.69) is 72.4 Å². The first-order valence-corrected chi connectivity index (χ1v) is 22.2. The number of H-pyrrole nitrogens is 3. The summed E-state index contributed by atoms with van der Waals surface area (Å²) >= 11 is 0. The number of carboxylic acids is 1. The second-order valence-corrected chi connectivity index (χ2v) is 16.8. The van der Waals surface area contributed by atoms with Gasteiger partial charge < -0.3 is 89.4 Å². The van der Waals surface area contributed by atoms with Gasteiger partial charge in [-0.15, -0.1) is 0 Å². The van der Waals surface area contributed by atoms with E-state index in [0.29, 0.717) is 11.4 Å². The molecular formula is C41H65N17O12. The quantitative estimate of drug-likeness (QED) is 0.0168. The molecule has 0 aromatic carbocycles. The van der Waals surface area contributed by atoms with Crippen molar-refractivity contribution in [1.82, 2.24) is 72.4 Å². The third-order valence-electron chi connectivity index (χ3n) is 10.4. The van der Waals surface area contributed by atoms with Gasteiger partial charge in [0.05, 0.1) is 60.9 Å². The van der Waals surface area contributed by atoms with Gasteiger partial charge >= 0.3 is 5.97 Å². The van der Waals surface area contributed by atoms with E-state index in [1.54, 1.807) is 20.0 Å². The number of nitrogens with one attached hydrogen (secondary N) is 12. The Morgan fingerprint density at radius 1 is 0.600 bits per heavy atom. The summed E-state index contributed by atoms with van der Waals surface area (Å²) in [5.41, 5.74) is 12.7. The normalized spacial score (nSPS) is 15.5. The van der Waals surface area contributed by atoms with E-state index in [1.807, 2.05) is 0 Å². The number of carbonyl (C=O) groups excluding carboxylic acids is 7. The molecule has 0 saturated carbocycles. The van der Waals surface area contributed by atoms with E-state index >= 15 is 0 Å². The number of rotatable bonds is 30. The van der Waals surface area contributed by atoms with Crippen LogP contribution in [0.15, 0.2) is 37.6 Å². The maximum absolute atomic E-state index is 14.1. The van der Waals surface area contributed by atoms with Crippen LogP contribution in [0.2, 0.25) is 0 Å². The summed E-state index contributed by atoms with van der Waals surface area (Å²) in [6.07, 6.45) is 4.89. The number of aromatic amines is 3. The zero-order chi connectivity index (χ0) is 52.1. The second-order valence-electron chi connectivity index (χ2n) is 16.8. The summed E-state index contributed by atoms with van der Waals surface area (Å²) in [7, 11) is 0. The van der Waals surface area contributed by atoms with Gasteiger partial charge in [-0.1, -0.05) is 13.8 Å². The fourth-order valence-corrected chi connectivity index (χ4v) is 6.71. The Hall–Kier alpha value is -7.50. The Balaban J connectivity index is 1.78. The fraction of sp³-hybridized carbons (Fsp3) is 0.561. The van der Waals surface area contributed by atoms with Crippen LogP contribution >= 0.6 is 0 Å². The van der Waals surface area contributed by atoms with Crippen LogP contribution in [0.4, 0.5) is 0 Å². The van der Waals surface area contributed by atoms with E-state index in [4.69, 9.17) is 16.9 Å². The molecule has 386 valence electrons. The Morgan fingerprint density at radius 3 is 1.49 bits per heavy atom. The van der Waals surface area contributed by atoms with E-state index in [9.17, 15) is 58.8 Å². The summed E-state index contributed by atoms with van der Waals surface area (Å²) in [5, 5.41) is 67.6. The number of aliphatic carboxylic acids is 1. The summed E-state index contributed by atoms with van der Waals surface area (Å²) < 4.78 is 0. The molecule has 0 aliphatic rings. The Labute approximate surface area is 401 Å². The Bertz CT molecular complexity index is 2170. The molecule has 0 radical (unpaired) electrons. The van der Waals surface area contributed by atoms with Crippen molar-refractivity contribution < 1.29 is 58.8 Å². The summed E-state index contributed by atoms with van der Waals surface area (Å²) in [6.45, 7) is 4.73. The monoisotopic (exact) mass is 987 g/mol. The molecule has 70 heavy (non-hydrogen) atoms. The third-order valence-corrected chi connectivity index (χ3v) is 10.4. The molecule has 10 atom stereocenters. The molecule has 3 aromatic heterocycles. The fourth-order valence-electron chi connectivity index (χ4n) is 6.71. The summed E-state index contributed by atoms with van der Waals surface area (Å²) in [4.78, 5) is 127. The van der Waals surface area contributed by atoms with Crippen LogP contribution in [-0.4, -0.2) is 177 Å². The third kappa shape index (κ3) is 18.9. The van der Waals surface area contributed by atoms with Gasteiger partial charge in [-0.05, 0) is 39.0 Å². The highest BCUT2D eigenvalue weighted by Crippen LogP contribution is 2.10. The smallest absolute Gasteiger partial charge is 0.326 e. The number of hydrogen-bond acceptors (Lipinski definition) is 16. The number of aromatic nitrogens is 6. The van der Waals surface area contributed by atoms with Gasteiger partial charge in [-0.25, -0.2) is 19.7 Å². The number of aliphatic hydroxyl groups excluding tert-OH is 3. The summed E-state index contributed by atoms with van der Waals surface area (Å²) in [5.74, 6) is -9.00. The van der Waals surface area contributed by atoms with Gasteiger partial charge in [0, 0.05) is 44.4 Å². The van der Waals surface area contributed by atoms with Crippen molar-refractivity contribution in [2.75, 3.05) is 13.2 Å². The van der Waals surface area contributed by atoms with Crippen molar-refractivity contribution >= 4 is 53.3 Å². The first-order valence-electron chi connectivity index (χ1n) is 22.2. The largest absolute Gasteiger partial charge is 0.480 e. The minimum atomic E-state index is -1.88. The van der Waals surface area contributed by atoms with Crippen molar-refractivity contribution in [3.63, 3.8) is 0 Å². The highest BCUT2D eigenvalue weighted by molar-refractivity contribution is 5.98. The zero-order valence-electron chi connectivity index (χ0n) is 39.0. The number of imidazole rings is 3. The molecule has 0 unspecified atom stereocenters. The van der Waals surface area contributed by atoms with Crippen LogP contribution in [0.5, 0.6) is 0 Å². The molecule has 0 spiro atoms. The van der Waals surface area contributed by atoms with Crippen LogP contribution < -0.4 is 54.0 Å². The average Bonchev–Trinajstić information content (AvgIpc) is 4.12. The van der Waals surface area contributed by atoms with Crippen molar-refractivity contribution in [3.05, 3.63) is 54.7 Å². The molecule has 0 aliphatic heterocycles. The predicted octanol–water partition coefficient (Wildman–Crippen LogP) is -6.25. The molecule has 3 heterocycles. The molecule has 0 aliphatic carbocycles. The second kappa shape index (κ2) is 28.1. The van der Waals surface area contributed by atoms with Gasteiger partial charge in [0.2, 0.25) is 41.4 Å². The first-order chi connectivity index (χ1) is 33.1. The minimum Gasteiger partial charge on any atom is -0.480 e. The molecule has 29 heteroatoms. The Kier molecular flexibility index (Phi) is 22.8. The predicted molar refractivity (Wildman–Crippen MR) is 245 cm³/mol. The van der Waals surface area contributed by atoms with E-state index < -0.39 is 114 Å². The van der Waals surface area contributed by atoms with Crippen molar-refractivity contribution in [3.8, 4) is 0 Å². The van der Waals surface area contributed by atoms with Crippen LogP contribution in [0.3, 0.4) is 0 Å². The van der Waals surface area contributed by atoms with Crippen LogP contribution in [0.25, 0.3) is 0 Å². The molecule has 3 rings (SSSR count). The first kappa shape index (κ1) is 56.8. The molecule has 0 bridgehead atoms. The van der Waals surface area contributed by atoms with E-state index in [0.717, 1.165) is 13.8 Å². The summed E-state index contributed by atoms with van der Waals surface area (Å²) in [6, 6.07) is -12.2. The SMILES string of the molecule is CC(C)C[C@H](NC(=O)[C@H](Cc1c[nH]cn1)NC(=O)[C@@H](N)Cc1c[nH]cn1)C(=O)N[C@@H](CCCNC(=N)N)C(=O)N[C@@H](CO)C(=O)N[C@H](C(=O)N[C@H](C(=O)N[C@@H](Cc1c[nH]cn1)C(=O)O)[C@@H](C)O)[C@@H](C)O. The zero-order valence-corrected chi connectivity index (χ0v) is 39.0. The molecular weight excluding hydrogens is 923 g/mol. The topological polar surface area (TPSA) is 476 Å². The highest BCUT2D eigenvalue weighted by atomic mass is 16.4. The van der Waals surface area contributed by atoms with Crippen molar-refractivity contribution in [1.29, 1.82) is 5.41 Å². The van der Waals surface area contributed by atoms with Crippen LogP contribution in [0.1, 0.15) is 64.0 Å². The number of guanidine groups is 1. The lowest BCUT2D eigenvalue weighted by atomic mass is 10.0. The Morgan fingerprint density at radius 2 is 1.01 bits per heavy atom. The van der Waals surface area contributed by atoms with Gasteiger partial charge in [-0.2, -0.15) is 0 Å². The van der Waals surface area contributed by atoms with Gasteiger partial charge in [0.25, 0.3) is 0 Å². The number of hydrogen-bond donors (Lipinski definition) is 18. The lowest BCUT2D eigenvalue weighted by Gasteiger charge is -2.29. The molecule has 20 N–H and O–H groups in total. The van der Waals surface area contributed by atoms with E-state index in [1.165, 1.54) is 31.4 Å². The van der Waals surface area contributed by atoms with Crippen LogP contribution in [-0.2, 0) is 57.6 Å². The molecule has 29 nitrogen and oxygen atoms in total. The van der Waals surface area contributed by atoms with Crippen molar-refractivity contribution in [2.24, 2.45) is 17.4 Å². The number of carbonyl (C=O) groups is 8. The molecule has 7 amide bonds. The maximum atomic E-state index is 14.1. The number of amides is 7. The standard InChI is InChI=1S/C41H65N17O12/c1-19(2)8-27(54-36(65)28(10-23-13-46-17-50-23)53-33(62)25(42)9-22-12-45-16-49-22)35(64)52-26(6-5-7-48-41(43)44)34(63)56-30(15-59)37(66)57-32(21(4)61)39(68)58-31(20(3)60)38(67)55-29(40(69)70)11-24-14-47-18-51-24/h12-14,16-21,25-32,59-61H,5-11,15,42H2,1-4H3,(H,45,49)(H,46,50)(H,47,51)(H,52,64)(H,53,62)(H,54,65)(H,55,67)(H,56,63)(H,57,66)(H,58,68)(H,69,70)(H4,43,44,48)/t20-,21-,25+,26+,27+,28+,29+,30+,31+,32+/m1/s1. The molecule has 3 aromatic rings. The minimum absolute atomic E-state index is 0.0345. The van der Waals surface area contributed by atoms with Gasteiger partial charge in [0.1, 0.15) is 42.3 Å². The number of nitrogens with zero attached hydrogens (tertiary/aromatic N) is 3. The van der Waals surface area contributed by atoms with Gasteiger partial charge in [-0.3, -0.25) is 39.0 Å². The van der Waals surface area contributed by atoms with Gasteiger partial charge in [0.15, 0.2) is 5.96 Å².